The fourth-order valence-corrected chi connectivity index (χ4v) is 2.58. The second kappa shape index (κ2) is 8.55. The van der Waals surface area contributed by atoms with Crippen LogP contribution in [0, 0.1) is 5.82 Å². The zero-order valence-corrected chi connectivity index (χ0v) is 16.0. The number of methoxy groups -OCH3 is 2. The molecule has 0 aliphatic carbocycles. The van der Waals surface area contributed by atoms with E-state index in [0.29, 0.717) is 11.1 Å². The summed E-state index contributed by atoms with van der Waals surface area (Å²) in [6.45, 7) is 1.67. The van der Waals surface area contributed by atoms with Crippen LogP contribution in [0.5, 0.6) is 17.2 Å². The average molecular weight is 399 g/mol. The van der Waals surface area contributed by atoms with Crippen molar-refractivity contribution in [2.45, 2.75) is 13.3 Å². The molecule has 7 nitrogen and oxygen atoms in total. The molecule has 29 heavy (non-hydrogen) atoms. The maximum absolute atomic E-state index is 13.4. The Balaban J connectivity index is 1.99. The number of benzene rings is 2. The number of halogens is 1. The number of hydrogen-bond acceptors (Lipinski definition) is 7. The van der Waals surface area contributed by atoms with E-state index in [-0.39, 0.29) is 35.3 Å². The van der Waals surface area contributed by atoms with E-state index >= 15 is 0 Å². The summed E-state index contributed by atoms with van der Waals surface area (Å²) in [5.74, 6) is -0.946. The maximum Gasteiger partial charge on any atom is 0.363 e. The van der Waals surface area contributed by atoms with Gasteiger partial charge in [0.1, 0.15) is 5.82 Å². The minimum atomic E-state index is -0.677. The zero-order chi connectivity index (χ0) is 21.0. The fraction of sp³-hybridized carbons (Fsp3) is 0.190. The van der Waals surface area contributed by atoms with Crippen LogP contribution in [0.4, 0.5) is 4.39 Å². The summed E-state index contributed by atoms with van der Waals surface area (Å²) in [6, 6.07) is 8.71. The molecule has 0 atom stereocenters. The molecule has 1 aliphatic heterocycles. The van der Waals surface area contributed by atoms with E-state index in [1.165, 1.54) is 38.5 Å². The van der Waals surface area contributed by atoms with Gasteiger partial charge >= 0.3 is 11.9 Å². The lowest BCUT2D eigenvalue weighted by molar-refractivity contribution is -0.134. The van der Waals surface area contributed by atoms with E-state index < -0.39 is 17.8 Å². The topological polar surface area (TPSA) is 83.4 Å². The molecule has 0 bridgehead atoms. The van der Waals surface area contributed by atoms with Gasteiger partial charge in [-0.1, -0.05) is 13.0 Å². The monoisotopic (exact) mass is 399 g/mol. The Morgan fingerprint density at radius 1 is 1.17 bits per heavy atom. The van der Waals surface area contributed by atoms with Crippen molar-refractivity contribution in [1.82, 2.24) is 0 Å². The predicted octanol–water partition coefficient (Wildman–Crippen LogP) is 3.50. The van der Waals surface area contributed by atoms with Crippen molar-refractivity contribution >= 4 is 23.9 Å². The molecule has 8 heteroatoms. The number of hydrogen-bond donors (Lipinski definition) is 0. The molecule has 0 N–H and O–H groups in total. The van der Waals surface area contributed by atoms with Gasteiger partial charge in [-0.15, -0.1) is 0 Å². The van der Waals surface area contributed by atoms with E-state index in [2.05, 4.69) is 4.99 Å². The van der Waals surface area contributed by atoms with Crippen LogP contribution in [-0.4, -0.2) is 32.1 Å². The van der Waals surface area contributed by atoms with Crippen LogP contribution in [-0.2, 0) is 14.3 Å². The highest BCUT2D eigenvalue weighted by atomic mass is 19.1. The third-order valence-electron chi connectivity index (χ3n) is 3.98. The van der Waals surface area contributed by atoms with Crippen molar-refractivity contribution in [2.24, 2.45) is 4.99 Å². The Hall–Kier alpha value is -3.68. The number of carbonyl (C=O) groups excluding carboxylic acids is 2. The summed E-state index contributed by atoms with van der Waals surface area (Å²) < 4.78 is 34.4. The number of cyclic esters (lactones) is 1. The summed E-state index contributed by atoms with van der Waals surface area (Å²) in [4.78, 5) is 28.0. The zero-order valence-electron chi connectivity index (χ0n) is 16.0. The van der Waals surface area contributed by atoms with E-state index in [0.717, 1.165) is 0 Å². The van der Waals surface area contributed by atoms with Crippen molar-refractivity contribution in [3.8, 4) is 17.2 Å². The van der Waals surface area contributed by atoms with E-state index in [1.54, 1.807) is 25.1 Å². The predicted molar refractivity (Wildman–Crippen MR) is 102 cm³/mol. The Morgan fingerprint density at radius 2 is 1.86 bits per heavy atom. The lowest BCUT2D eigenvalue weighted by Gasteiger charge is -2.13. The number of esters is 2. The summed E-state index contributed by atoms with van der Waals surface area (Å²) in [5, 5.41) is 0. The molecule has 2 aromatic rings. The minimum absolute atomic E-state index is 0.00757. The molecule has 0 aromatic heterocycles. The third kappa shape index (κ3) is 4.43. The van der Waals surface area contributed by atoms with Crippen LogP contribution in [0.3, 0.4) is 0 Å². The number of rotatable bonds is 6. The minimum Gasteiger partial charge on any atom is -0.493 e. The molecular formula is C21H18FNO6. The molecular weight excluding hydrogens is 381 g/mol. The van der Waals surface area contributed by atoms with Crippen molar-refractivity contribution in [1.29, 1.82) is 0 Å². The molecule has 0 saturated heterocycles. The van der Waals surface area contributed by atoms with Crippen LogP contribution < -0.4 is 14.2 Å². The lowest BCUT2D eigenvalue weighted by atomic mass is 10.1. The first-order valence-corrected chi connectivity index (χ1v) is 8.70. The van der Waals surface area contributed by atoms with Gasteiger partial charge in [0.05, 0.1) is 14.2 Å². The van der Waals surface area contributed by atoms with E-state index in [1.807, 2.05) is 0 Å². The summed E-state index contributed by atoms with van der Waals surface area (Å²) in [6.07, 6.45) is 1.65. The molecule has 0 unspecified atom stereocenters. The third-order valence-corrected chi connectivity index (χ3v) is 3.98. The maximum atomic E-state index is 13.4. The van der Waals surface area contributed by atoms with E-state index in [9.17, 15) is 14.0 Å². The van der Waals surface area contributed by atoms with Crippen molar-refractivity contribution in [3.63, 3.8) is 0 Å². The standard InChI is InChI=1S/C21H18FNO6/c1-4-18(24)28-19-16(26-2)9-12(10-17(19)27-3)8-15-21(25)29-20(23-15)13-6-5-7-14(22)11-13/h5-11H,4H2,1-3H3/b15-8-. The van der Waals surface area contributed by atoms with Gasteiger partial charge in [-0.25, -0.2) is 14.2 Å². The molecule has 0 saturated carbocycles. The van der Waals surface area contributed by atoms with E-state index in [4.69, 9.17) is 18.9 Å². The molecule has 150 valence electrons. The first-order valence-electron chi connectivity index (χ1n) is 8.70. The van der Waals surface area contributed by atoms with Gasteiger partial charge in [-0.2, -0.15) is 0 Å². The molecule has 0 amide bonds. The van der Waals surface area contributed by atoms with Crippen LogP contribution in [0.2, 0.25) is 0 Å². The largest absolute Gasteiger partial charge is 0.493 e. The number of nitrogens with zero attached hydrogens (tertiary/aromatic N) is 1. The van der Waals surface area contributed by atoms with Gasteiger partial charge in [0.15, 0.2) is 17.2 Å². The van der Waals surface area contributed by atoms with Crippen LogP contribution in [0.25, 0.3) is 6.08 Å². The molecule has 2 aromatic carbocycles. The first-order chi connectivity index (χ1) is 13.9. The first kappa shape index (κ1) is 20.1. The van der Waals surface area contributed by atoms with Crippen LogP contribution >= 0.6 is 0 Å². The number of ether oxygens (including phenoxy) is 4. The summed E-state index contributed by atoms with van der Waals surface area (Å²) >= 11 is 0. The molecule has 0 spiro atoms. The van der Waals surface area contributed by atoms with Crippen LogP contribution in [0.15, 0.2) is 47.1 Å². The summed E-state index contributed by atoms with van der Waals surface area (Å²) in [7, 11) is 2.83. The normalized spacial score (nSPS) is 14.4. The average Bonchev–Trinajstić information content (AvgIpc) is 3.08. The van der Waals surface area contributed by atoms with Gasteiger partial charge in [0, 0.05) is 12.0 Å². The Morgan fingerprint density at radius 3 is 2.45 bits per heavy atom. The second-order valence-corrected chi connectivity index (χ2v) is 5.93. The molecule has 1 aliphatic rings. The summed E-state index contributed by atoms with van der Waals surface area (Å²) in [5.41, 5.74) is 0.872. The Kier molecular flexibility index (Phi) is 5.92. The molecule has 3 rings (SSSR count). The highest BCUT2D eigenvalue weighted by Gasteiger charge is 2.25. The number of carbonyl (C=O) groups is 2. The van der Waals surface area contributed by atoms with Gasteiger partial charge < -0.3 is 18.9 Å². The second-order valence-electron chi connectivity index (χ2n) is 5.93. The quantitative estimate of drug-likeness (QED) is 0.420. The van der Waals surface area contributed by atoms with Crippen molar-refractivity contribution < 1.29 is 32.9 Å². The highest BCUT2D eigenvalue weighted by Crippen LogP contribution is 2.39. The van der Waals surface area contributed by atoms with Gasteiger partial charge in [0.2, 0.25) is 11.6 Å². The Bertz CT molecular complexity index is 1000. The SMILES string of the molecule is CCC(=O)Oc1c(OC)cc(/C=C2\N=C(c3cccc(F)c3)OC2=O)cc1OC. The lowest BCUT2D eigenvalue weighted by Crippen LogP contribution is -2.08. The number of aliphatic imine (C=N–C) groups is 1. The van der Waals surface area contributed by atoms with Crippen LogP contribution in [0.1, 0.15) is 24.5 Å². The van der Waals surface area contributed by atoms with Crippen molar-refractivity contribution in [3.05, 3.63) is 59.0 Å². The smallest absolute Gasteiger partial charge is 0.363 e. The highest BCUT2D eigenvalue weighted by molar-refractivity contribution is 6.12. The van der Waals surface area contributed by atoms with Gasteiger partial charge in [-0.3, -0.25) is 4.79 Å². The van der Waals surface area contributed by atoms with Gasteiger partial charge in [0.25, 0.3) is 0 Å². The Labute approximate surface area is 166 Å². The van der Waals surface area contributed by atoms with Crippen molar-refractivity contribution in [2.75, 3.05) is 14.2 Å². The molecule has 0 fully saturated rings. The fourth-order valence-electron chi connectivity index (χ4n) is 2.58. The molecule has 0 radical (unpaired) electrons. The molecule has 1 heterocycles. The van der Waals surface area contributed by atoms with Gasteiger partial charge in [-0.05, 0) is 42.0 Å².